The van der Waals surface area contributed by atoms with Crippen molar-refractivity contribution >= 4 is 114 Å². The fourth-order valence-electron chi connectivity index (χ4n) is 11.4. The molecule has 0 bridgehead atoms. The van der Waals surface area contributed by atoms with E-state index in [2.05, 4.69) is 295 Å². The second kappa shape index (κ2) is 42.1. The Bertz CT molecular complexity index is 2430. The predicted octanol–water partition coefficient (Wildman–Crippen LogP) is 5.95. The van der Waals surface area contributed by atoms with Crippen LogP contribution < -0.4 is 92.1 Å². The van der Waals surface area contributed by atoms with Crippen molar-refractivity contribution < 1.29 is 145 Å². The Morgan fingerprint density at radius 2 is 0.329 bits per heavy atom. The predicted molar refractivity (Wildman–Crippen MR) is 378 cm³/mol. The molecule has 0 atom stereocenters. The van der Waals surface area contributed by atoms with Crippen LogP contribution in [0, 0.1) is 0 Å². The van der Waals surface area contributed by atoms with Crippen LogP contribution in [-0.4, -0.2) is 63.5 Å². The van der Waals surface area contributed by atoms with Gasteiger partial charge in [0.05, 0.1) is 40.4 Å². The molecule has 0 heterocycles. The van der Waals surface area contributed by atoms with E-state index >= 15 is 0 Å². The molecule has 0 amide bonds. The fraction of sp³-hybridized carbons (Fsp3) is 0.294. The van der Waals surface area contributed by atoms with Crippen LogP contribution in [0.25, 0.3) is 0 Å². The number of rotatable bonds is 28. The van der Waals surface area contributed by atoms with Gasteiger partial charge in [0.1, 0.15) is 0 Å². The van der Waals surface area contributed by atoms with E-state index in [9.17, 15) is 0 Å². The molecule has 0 aliphatic heterocycles. The zero-order valence-corrected chi connectivity index (χ0v) is 70.9. The maximum absolute atomic E-state index is 2.80. The summed E-state index contributed by atoms with van der Waals surface area (Å²) in [6.07, 6.45) is 0. The van der Waals surface area contributed by atoms with Gasteiger partial charge < -0.3 is 49.6 Å². The zero-order valence-electron chi connectivity index (χ0n) is 50.6. The summed E-state index contributed by atoms with van der Waals surface area (Å²) in [5, 5.41) is 12.5. The third-order valence-electron chi connectivity index (χ3n) is 16.2. The van der Waals surface area contributed by atoms with E-state index in [1.165, 1.54) is 71.5 Å². The SMILES string of the molecule is C[Si](C)(CC[Si](CC[Si](C)(C)CP(c1ccccc1)c1ccccc1)(CC[Si](C)(C)CP(c1ccccc1)c1ccccc1)CC[Si](C)(C)CP(c1ccccc1)c1ccccc1)CP(c1ccccc1)c1ccccc1.[Au].[Au].[Au].[Au].[Cl-].[Cl-].[Cl-].[Cl-].[HH].[HH].[HH].[HH]. The largest absolute Gasteiger partial charge is 1.00 e. The van der Waals surface area contributed by atoms with E-state index in [-0.39, 0.29) is 145 Å². The average Bonchev–Trinajstić information content (AvgIpc) is 3.46. The van der Waals surface area contributed by atoms with Crippen LogP contribution in [0.4, 0.5) is 0 Å². The van der Waals surface area contributed by atoms with Crippen molar-refractivity contribution in [3.63, 3.8) is 0 Å². The first kappa shape index (κ1) is 85.7. The Balaban J connectivity index is -0.00000196. The number of benzene rings is 8. The van der Waals surface area contributed by atoms with Gasteiger partial charge in [0, 0.05) is 95.2 Å². The summed E-state index contributed by atoms with van der Waals surface area (Å²) in [7, 11) is -10.4. The van der Waals surface area contributed by atoms with Crippen molar-refractivity contribution in [1.82, 2.24) is 0 Å². The quantitative estimate of drug-likeness (QED) is 0.0421. The minimum atomic E-state index is -1.91. The first-order valence-corrected chi connectivity index (χ1v) is 51.2. The Hall–Kier alpha value is 0.685. The molecule has 0 saturated heterocycles. The Labute approximate surface area is 618 Å². The van der Waals surface area contributed by atoms with Gasteiger partial charge >= 0.3 is 0 Å². The molecule has 8 aromatic rings. The third kappa shape index (κ3) is 27.7. The van der Waals surface area contributed by atoms with Crippen LogP contribution in [0.3, 0.4) is 0 Å². The summed E-state index contributed by atoms with van der Waals surface area (Å²) in [6, 6.07) is 105. The Morgan fingerprint density at radius 3 is 0.447 bits per heavy atom. The molecule has 0 spiro atoms. The van der Waals surface area contributed by atoms with Crippen molar-refractivity contribution in [2.45, 2.75) is 101 Å². The zero-order chi connectivity index (χ0) is 54.2. The molecule has 0 aromatic heterocycles. The van der Waals surface area contributed by atoms with Crippen LogP contribution in [-0.2, 0) is 89.5 Å². The van der Waals surface area contributed by atoms with Gasteiger partial charge in [-0.25, -0.2) is 0 Å². The minimum absolute atomic E-state index is 0. The maximum Gasteiger partial charge on any atom is 0.0524 e. The number of halogens is 4. The van der Waals surface area contributed by atoms with Gasteiger partial charge in [-0.15, -0.1) is 0 Å². The van der Waals surface area contributed by atoms with Crippen LogP contribution in [0.2, 0.25) is 101 Å². The van der Waals surface area contributed by atoms with E-state index in [1.54, 1.807) is 42.4 Å². The first-order chi connectivity index (χ1) is 37.1. The molecule has 0 fully saturated rings. The summed E-state index contributed by atoms with van der Waals surface area (Å²) >= 11 is 0. The third-order valence-corrected chi connectivity index (χ3v) is 56.0. The van der Waals surface area contributed by atoms with Crippen molar-refractivity contribution in [2.24, 2.45) is 0 Å². The molecule has 17 heteroatoms. The van der Waals surface area contributed by atoms with Gasteiger partial charge in [-0.1, -0.05) is 343 Å². The summed E-state index contributed by atoms with van der Waals surface area (Å²) < 4.78 is 0. The summed E-state index contributed by atoms with van der Waals surface area (Å²) in [6.45, 7) is 22.4. The van der Waals surface area contributed by atoms with Gasteiger partial charge in [-0.05, 0) is 97.3 Å². The molecule has 4 radical (unpaired) electrons. The molecule has 0 unspecified atom stereocenters. The van der Waals surface area contributed by atoms with Gasteiger partial charge in [0.15, 0.2) is 0 Å². The van der Waals surface area contributed by atoms with Crippen molar-refractivity contribution in [3.05, 3.63) is 243 Å². The van der Waals surface area contributed by atoms with Gasteiger partial charge in [-0.3, -0.25) is 0 Å². The topological polar surface area (TPSA) is 0 Å². The summed E-state index contributed by atoms with van der Waals surface area (Å²) in [5.41, 5.74) is 0. The maximum atomic E-state index is 2.80. The van der Waals surface area contributed by atoms with E-state index < -0.39 is 72.1 Å². The second-order valence-corrected chi connectivity index (χ2v) is 62.1. The van der Waals surface area contributed by atoms with E-state index in [4.69, 9.17) is 0 Å². The fourth-order valence-corrected chi connectivity index (χ4v) is 59.7. The van der Waals surface area contributed by atoms with Gasteiger partial charge in [-0.2, -0.15) is 0 Å². The number of hydrogen-bond acceptors (Lipinski definition) is 0. The van der Waals surface area contributed by atoms with Crippen molar-refractivity contribution in [3.8, 4) is 0 Å². The van der Waals surface area contributed by atoms with Crippen LogP contribution in [0.15, 0.2) is 243 Å². The monoisotopic (exact) mass is 2100 g/mol. The molecule has 0 saturated carbocycles. The smallest absolute Gasteiger partial charge is 0.0524 e. The first-order valence-electron chi connectivity index (χ1n) is 28.6. The van der Waals surface area contributed by atoms with Crippen molar-refractivity contribution in [2.75, 3.05) is 23.1 Å². The molecule has 0 N–H and O–H groups in total. The van der Waals surface area contributed by atoms with Gasteiger partial charge in [0.25, 0.3) is 0 Å². The normalized spacial score (nSPS) is 11.5. The molecular weight excluding hydrogens is 2010 g/mol. The summed E-state index contributed by atoms with van der Waals surface area (Å²) in [4.78, 5) is 0. The van der Waals surface area contributed by atoms with E-state index in [0.29, 0.717) is 0 Å². The molecular formula is C68H96Au4Cl4P4Si5-4. The van der Waals surface area contributed by atoms with Crippen LogP contribution in [0.5, 0.6) is 0 Å². The summed E-state index contributed by atoms with van der Waals surface area (Å²) in [5.74, 6) is 5.49. The van der Waals surface area contributed by atoms with Crippen molar-refractivity contribution in [1.29, 1.82) is 0 Å². The molecule has 0 aliphatic carbocycles. The molecule has 8 rings (SSSR count). The Morgan fingerprint density at radius 1 is 0.212 bits per heavy atom. The molecule has 8 aromatic carbocycles. The Kier molecular flexibility index (Phi) is 42.4. The minimum Gasteiger partial charge on any atom is -1.00 e. The van der Waals surface area contributed by atoms with Gasteiger partial charge in [0.2, 0.25) is 0 Å². The van der Waals surface area contributed by atoms with E-state index in [1.807, 2.05) is 0 Å². The molecule has 0 nitrogen and oxygen atoms in total. The molecule has 85 heavy (non-hydrogen) atoms. The second-order valence-electron chi connectivity index (χ2n) is 25.2. The average molecular weight is 2110 g/mol. The molecule has 484 valence electrons. The standard InChI is InChI=1S/C68H88P4Si5.4Au.4ClH.4H2/c1-73(2,57-69(61-33-17-9-18-34-61)62-35-19-10-20-36-62)49-53-77(54-50-74(3,4)58-70(63-37-21-11-22-38-63)64-39-23-12-24-40-64,55-51-75(5,6)59-71(65-41-25-13-26-42-65)66-43-27-14-28-44-66)56-52-76(7,8)60-72(67-45-29-15-30-46-67)68-47-31-16-32-48-68;;;;;;;;;;;;/h9-48H,49-60H2,1-8H3;;;;;8*1H/p-4. The van der Waals surface area contributed by atoms with E-state index in [0.717, 1.165) is 0 Å². The molecule has 0 aliphatic rings. The van der Waals surface area contributed by atoms with Crippen LogP contribution >= 0.6 is 31.7 Å². The van der Waals surface area contributed by atoms with Crippen LogP contribution in [0.1, 0.15) is 5.71 Å². The number of hydrogen-bond donors (Lipinski definition) is 0.